The molecule has 4 rings (SSSR count). The highest BCUT2D eigenvalue weighted by Crippen LogP contribution is 2.37. The summed E-state index contributed by atoms with van der Waals surface area (Å²) in [5.41, 5.74) is 3.52. The number of rotatable bonds is 22. The van der Waals surface area contributed by atoms with Crippen molar-refractivity contribution in [2.24, 2.45) is 35.5 Å². The lowest BCUT2D eigenvalue weighted by atomic mass is 9.77. The molecule has 0 N–H and O–H groups in total. The van der Waals surface area contributed by atoms with Gasteiger partial charge in [-0.05, 0) is 113 Å². The Morgan fingerprint density at radius 1 is 0.444 bits per heavy atom. The molecule has 4 aliphatic carbocycles. The molecule has 0 amide bonds. The Bertz CT molecular complexity index is 726. The van der Waals surface area contributed by atoms with E-state index in [2.05, 4.69) is 26.0 Å². The molecule has 0 spiro atoms. The van der Waals surface area contributed by atoms with Crippen LogP contribution in [0, 0.1) is 35.5 Å². The van der Waals surface area contributed by atoms with Crippen LogP contribution in [0.25, 0.3) is 0 Å². The Labute approximate surface area is 282 Å². The van der Waals surface area contributed by atoms with Gasteiger partial charge in [0.05, 0.1) is 0 Å². The van der Waals surface area contributed by atoms with E-state index in [-0.39, 0.29) is 0 Å². The molecule has 0 aromatic carbocycles. The molecule has 2 saturated carbocycles. The summed E-state index contributed by atoms with van der Waals surface area (Å²) in [7, 11) is 0. The third-order valence-electron chi connectivity index (χ3n) is 13.1. The van der Waals surface area contributed by atoms with Gasteiger partial charge < -0.3 is 4.74 Å². The van der Waals surface area contributed by atoms with Gasteiger partial charge in [-0.2, -0.15) is 0 Å². The van der Waals surface area contributed by atoms with E-state index >= 15 is 0 Å². The summed E-state index contributed by atoms with van der Waals surface area (Å²) in [4.78, 5) is 0. The zero-order chi connectivity index (χ0) is 31.4. The van der Waals surface area contributed by atoms with Crippen molar-refractivity contribution >= 4 is 0 Å². The zero-order valence-electron chi connectivity index (χ0n) is 30.7. The van der Waals surface area contributed by atoms with Gasteiger partial charge in [0, 0.05) is 13.2 Å². The number of unbranched alkanes of at least 4 members (excludes halogenated alkanes) is 2. The molecule has 45 heavy (non-hydrogen) atoms. The second-order valence-corrected chi connectivity index (χ2v) is 16.7. The van der Waals surface area contributed by atoms with Crippen LogP contribution in [0.2, 0.25) is 0 Å². The highest BCUT2D eigenvalue weighted by Gasteiger charge is 2.22. The normalized spacial score (nSPS) is 29.4. The smallest absolute Gasteiger partial charge is 0.0466 e. The van der Waals surface area contributed by atoms with Gasteiger partial charge in [0.2, 0.25) is 0 Å². The third-order valence-corrected chi connectivity index (χ3v) is 13.1. The summed E-state index contributed by atoms with van der Waals surface area (Å²) in [6, 6.07) is 0. The predicted molar refractivity (Wildman–Crippen MR) is 198 cm³/mol. The molecule has 2 fully saturated rings. The Balaban J connectivity index is 0.902. The molecule has 1 heteroatoms. The summed E-state index contributed by atoms with van der Waals surface area (Å²) >= 11 is 0. The van der Waals surface area contributed by atoms with Crippen LogP contribution in [0.1, 0.15) is 206 Å². The van der Waals surface area contributed by atoms with Crippen LogP contribution in [-0.4, -0.2) is 13.2 Å². The number of hydrogen-bond acceptors (Lipinski definition) is 1. The maximum Gasteiger partial charge on any atom is 0.0466 e. The quantitative estimate of drug-likeness (QED) is 0.0862. The first-order valence-corrected chi connectivity index (χ1v) is 21.1. The second-order valence-electron chi connectivity index (χ2n) is 16.7. The van der Waals surface area contributed by atoms with E-state index in [4.69, 9.17) is 4.74 Å². The van der Waals surface area contributed by atoms with Crippen LogP contribution < -0.4 is 0 Å². The Kier molecular flexibility index (Phi) is 19.0. The van der Waals surface area contributed by atoms with Gasteiger partial charge in [0.25, 0.3) is 0 Å². The minimum absolute atomic E-state index is 0.973. The van der Waals surface area contributed by atoms with Crippen LogP contribution in [0.15, 0.2) is 23.3 Å². The molecule has 0 aliphatic heterocycles. The molecule has 0 heterocycles. The topological polar surface area (TPSA) is 9.23 Å². The number of hydrogen-bond donors (Lipinski definition) is 0. The van der Waals surface area contributed by atoms with E-state index in [0.29, 0.717) is 0 Å². The maximum atomic E-state index is 6.03. The Morgan fingerprint density at radius 3 is 1.18 bits per heavy atom. The van der Waals surface area contributed by atoms with Gasteiger partial charge in [0.1, 0.15) is 0 Å². The van der Waals surface area contributed by atoms with Crippen molar-refractivity contribution in [2.45, 2.75) is 206 Å². The fourth-order valence-electron chi connectivity index (χ4n) is 9.90. The monoisotopic (exact) mass is 623 g/mol. The molecule has 2 atom stereocenters. The van der Waals surface area contributed by atoms with E-state index in [0.717, 1.165) is 48.7 Å². The van der Waals surface area contributed by atoms with Crippen molar-refractivity contribution in [3.05, 3.63) is 23.3 Å². The molecule has 0 aromatic heterocycles. The first-order chi connectivity index (χ1) is 22.2. The number of ether oxygens (including phenoxy) is 1. The first kappa shape index (κ1) is 37.3. The summed E-state index contributed by atoms with van der Waals surface area (Å²) in [5.74, 6) is 6.20. The minimum atomic E-state index is 0.973. The maximum absolute atomic E-state index is 6.03. The van der Waals surface area contributed by atoms with Crippen molar-refractivity contribution in [1.82, 2.24) is 0 Å². The van der Waals surface area contributed by atoms with Gasteiger partial charge in [-0.25, -0.2) is 0 Å². The molecular formula is C44H78O. The molecule has 0 bridgehead atoms. The Hall–Kier alpha value is -0.560. The van der Waals surface area contributed by atoms with Gasteiger partial charge in [-0.3, -0.25) is 0 Å². The molecule has 0 radical (unpaired) electrons. The molecule has 260 valence electrons. The predicted octanol–water partition coefficient (Wildman–Crippen LogP) is 14.4. The zero-order valence-corrected chi connectivity index (χ0v) is 30.7. The molecule has 1 nitrogen and oxygen atoms in total. The van der Waals surface area contributed by atoms with E-state index in [1.54, 1.807) is 11.1 Å². The van der Waals surface area contributed by atoms with Crippen LogP contribution in [-0.2, 0) is 4.74 Å². The van der Waals surface area contributed by atoms with E-state index < -0.39 is 0 Å². The van der Waals surface area contributed by atoms with Gasteiger partial charge in [-0.15, -0.1) is 0 Å². The summed E-state index contributed by atoms with van der Waals surface area (Å²) in [5, 5.41) is 0. The lowest BCUT2D eigenvalue weighted by Gasteiger charge is -2.29. The van der Waals surface area contributed by atoms with Crippen LogP contribution in [0.3, 0.4) is 0 Å². The third kappa shape index (κ3) is 15.5. The first-order valence-electron chi connectivity index (χ1n) is 21.1. The Morgan fingerprint density at radius 2 is 0.822 bits per heavy atom. The fraction of sp³-hybridized carbons (Fsp3) is 0.909. The van der Waals surface area contributed by atoms with Crippen LogP contribution in [0.5, 0.6) is 0 Å². The summed E-state index contributed by atoms with van der Waals surface area (Å²) < 4.78 is 6.03. The van der Waals surface area contributed by atoms with E-state index in [1.807, 2.05) is 0 Å². The van der Waals surface area contributed by atoms with Gasteiger partial charge in [-0.1, -0.05) is 153 Å². The second kappa shape index (κ2) is 22.9. The van der Waals surface area contributed by atoms with Crippen LogP contribution >= 0.6 is 0 Å². The average molecular weight is 623 g/mol. The van der Waals surface area contributed by atoms with E-state index in [9.17, 15) is 0 Å². The van der Waals surface area contributed by atoms with E-state index in [1.165, 1.54) is 193 Å². The minimum Gasteiger partial charge on any atom is -0.381 e. The van der Waals surface area contributed by atoms with Crippen molar-refractivity contribution in [2.75, 3.05) is 13.2 Å². The SMILES string of the molecule is CCCC1CCC(CCCC2CC=C(CCCCOCCCCC3=CCC(CCCC4CCC(CCC)CC4)CC3)CC2)CC1. The largest absolute Gasteiger partial charge is 0.381 e. The van der Waals surface area contributed by atoms with Crippen molar-refractivity contribution < 1.29 is 4.74 Å². The fourth-order valence-corrected chi connectivity index (χ4v) is 9.90. The highest BCUT2D eigenvalue weighted by atomic mass is 16.5. The van der Waals surface area contributed by atoms with Crippen molar-refractivity contribution in [3.8, 4) is 0 Å². The molecule has 0 aromatic rings. The molecular weight excluding hydrogens is 544 g/mol. The lowest BCUT2D eigenvalue weighted by Crippen LogP contribution is -2.15. The highest BCUT2D eigenvalue weighted by molar-refractivity contribution is 5.07. The molecule has 2 unspecified atom stereocenters. The standard InChI is InChI=1S/C44H78O/c1-3-11-37-19-23-41(24-20-37)15-9-17-43-31-27-39(28-32-43)13-5-7-35-45-36-8-6-14-40-29-33-44(34-30-40)18-10-16-42-25-21-38(12-4-2)22-26-42/h27,29,37-38,41-44H,3-26,28,30-36H2,1-2H3. The molecule has 4 aliphatic rings. The van der Waals surface area contributed by atoms with Crippen LogP contribution in [0.4, 0.5) is 0 Å². The van der Waals surface area contributed by atoms with Crippen molar-refractivity contribution in [1.29, 1.82) is 0 Å². The molecule has 0 saturated heterocycles. The van der Waals surface area contributed by atoms with Gasteiger partial charge >= 0.3 is 0 Å². The summed E-state index contributed by atoms with van der Waals surface area (Å²) in [6.07, 6.45) is 48.4. The summed E-state index contributed by atoms with van der Waals surface area (Å²) in [6.45, 7) is 6.66. The lowest BCUT2D eigenvalue weighted by molar-refractivity contribution is 0.126. The average Bonchev–Trinajstić information content (AvgIpc) is 3.07. The van der Waals surface area contributed by atoms with Crippen molar-refractivity contribution in [3.63, 3.8) is 0 Å². The number of allylic oxidation sites excluding steroid dienone is 4. The van der Waals surface area contributed by atoms with Gasteiger partial charge in [0.15, 0.2) is 0 Å².